The van der Waals surface area contributed by atoms with Crippen LogP contribution in [0.4, 0.5) is 0 Å². The lowest BCUT2D eigenvalue weighted by molar-refractivity contribution is -0.738. The Morgan fingerprint density at radius 2 is 2.31 bits per heavy atom. The van der Waals surface area contributed by atoms with E-state index in [1.54, 1.807) is 4.57 Å². The van der Waals surface area contributed by atoms with Crippen LogP contribution >= 0.6 is 11.8 Å². The first kappa shape index (κ1) is 10.1. The van der Waals surface area contributed by atoms with E-state index in [9.17, 15) is 9.90 Å². The lowest BCUT2D eigenvalue weighted by Crippen LogP contribution is -2.38. The molecule has 0 aliphatic heterocycles. The number of nitrogens with zero attached hydrogens (tertiary/aromatic N) is 1. The first-order chi connectivity index (χ1) is 6.19. The van der Waals surface area contributed by atoms with Crippen molar-refractivity contribution in [2.24, 2.45) is 0 Å². The van der Waals surface area contributed by atoms with Crippen molar-refractivity contribution in [2.45, 2.75) is 25.5 Å². The molecule has 1 rings (SSSR count). The Morgan fingerprint density at radius 3 is 2.85 bits per heavy atom. The molecular formula is C8H13N2O2S+. The maximum Gasteiger partial charge on any atom is 0.339 e. The van der Waals surface area contributed by atoms with E-state index in [0.29, 0.717) is 11.7 Å². The number of hydrogen-bond acceptors (Lipinski definition) is 3. The summed E-state index contributed by atoms with van der Waals surface area (Å²) in [5.74, 6) is 0.876. The summed E-state index contributed by atoms with van der Waals surface area (Å²) in [7, 11) is 0. The lowest BCUT2D eigenvalue weighted by atomic mass is 10.6. The summed E-state index contributed by atoms with van der Waals surface area (Å²) in [6, 6.07) is 1.18. The van der Waals surface area contributed by atoms with E-state index in [0.717, 1.165) is 5.75 Å². The lowest BCUT2D eigenvalue weighted by Gasteiger charge is -2.02. The molecule has 0 radical (unpaired) electrons. The van der Waals surface area contributed by atoms with Gasteiger partial charge in [0.1, 0.15) is 6.07 Å². The molecule has 5 heteroatoms. The molecule has 13 heavy (non-hydrogen) atoms. The van der Waals surface area contributed by atoms with Gasteiger partial charge in [0.15, 0.2) is 0 Å². The molecular weight excluding hydrogens is 188 g/mol. The van der Waals surface area contributed by atoms with Crippen molar-refractivity contribution in [3.63, 3.8) is 0 Å². The number of H-pyrrole nitrogens is 1. The van der Waals surface area contributed by atoms with E-state index < -0.39 is 0 Å². The van der Waals surface area contributed by atoms with Crippen LogP contribution < -0.4 is 10.1 Å². The van der Waals surface area contributed by atoms with Gasteiger partial charge in [-0.1, -0.05) is 6.92 Å². The molecule has 1 heterocycles. The van der Waals surface area contributed by atoms with Crippen LogP contribution in [-0.2, 0) is 6.54 Å². The zero-order valence-corrected chi connectivity index (χ0v) is 8.52. The van der Waals surface area contributed by atoms with Crippen LogP contribution in [0.25, 0.3) is 0 Å². The first-order valence-electron chi connectivity index (χ1n) is 4.18. The van der Waals surface area contributed by atoms with Gasteiger partial charge in [-0.2, -0.15) is 4.57 Å². The summed E-state index contributed by atoms with van der Waals surface area (Å²) in [6.07, 6.45) is 0. The van der Waals surface area contributed by atoms with Gasteiger partial charge in [0.25, 0.3) is 5.88 Å². The molecule has 0 bridgehead atoms. The van der Waals surface area contributed by atoms with Gasteiger partial charge in [-0.25, -0.2) is 9.78 Å². The minimum Gasteiger partial charge on any atom is -0.478 e. The Kier molecular flexibility index (Phi) is 3.36. The standard InChI is InChI=1S/C8H12N2O2S/c1-3-10-7(12)5-6(11)9-8(10)13-4-2/h5H,3-4H2,1-2H3,(H,11,12)/p+1. The molecule has 0 saturated carbocycles. The van der Waals surface area contributed by atoms with Crippen LogP contribution in [0.5, 0.6) is 5.88 Å². The number of aromatic hydroxyl groups is 1. The molecule has 0 amide bonds. The van der Waals surface area contributed by atoms with Gasteiger partial charge in [-0.05, 0) is 18.7 Å². The fourth-order valence-corrected chi connectivity index (χ4v) is 1.89. The molecule has 0 saturated heterocycles. The second-order valence-corrected chi connectivity index (χ2v) is 3.73. The smallest absolute Gasteiger partial charge is 0.339 e. The number of nitrogens with one attached hydrogen (secondary N) is 1. The van der Waals surface area contributed by atoms with Crippen LogP contribution in [0, 0.1) is 0 Å². The number of thioether (sulfide) groups is 1. The normalized spacial score (nSPS) is 10.3. The van der Waals surface area contributed by atoms with Crippen molar-refractivity contribution >= 4 is 11.8 Å². The monoisotopic (exact) mass is 201 g/mol. The van der Waals surface area contributed by atoms with E-state index in [1.165, 1.54) is 17.8 Å². The van der Waals surface area contributed by atoms with Gasteiger partial charge < -0.3 is 5.11 Å². The largest absolute Gasteiger partial charge is 0.478 e. The molecule has 72 valence electrons. The average molecular weight is 201 g/mol. The second kappa shape index (κ2) is 4.32. The topological polar surface area (TPSA) is 57.0 Å². The van der Waals surface area contributed by atoms with E-state index in [1.807, 2.05) is 13.8 Å². The van der Waals surface area contributed by atoms with Crippen molar-refractivity contribution in [2.75, 3.05) is 5.75 Å². The van der Waals surface area contributed by atoms with Crippen LogP contribution in [0.15, 0.2) is 16.0 Å². The maximum absolute atomic E-state index is 11.0. The van der Waals surface area contributed by atoms with Crippen molar-refractivity contribution in [3.05, 3.63) is 16.4 Å². The molecule has 4 nitrogen and oxygen atoms in total. The van der Waals surface area contributed by atoms with Gasteiger partial charge in [0.05, 0.1) is 6.54 Å². The predicted octanol–water partition coefficient (Wildman–Crippen LogP) is 0.500. The van der Waals surface area contributed by atoms with Crippen LogP contribution in [0.3, 0.4) is 0 Å². The van der Waals surface area contributed by atoms with Crippen molar-refractivity contribution in [3.8, 4) is 5.88 Å². The van der Waals surface area contributed by atoms with Crippen molar-refractivity contribution < 1.29 is 9.67 Å². The molecule has 0 aliphatic rings. The van der Waals surface area contributed by atoms with Gasteiger partial charge in [-0.3, -0.25) is 0 Å². The Labute approximate surface area is 80.6 Å². The van der Waals surface area contributed by atoms with E-state index in [4.69, 9.17) is 0 Å². The van der Waals surface area contributed by atoms with Crippen molar-refractivity contribution in [1.82, 2.24) is 4.98 Å². The summed E-state index contributed by atoms with van der Waals surface area (Å²) < 4.78 is 1.66. The average Bonchev–Trinajstić information content (AvgIpc) is 2.04. The zero-order chi connectivity index (χ0) is 9.84. The molecule has 0 spiro atoms. The number of hydrogen-bond donors (Lipinski definition) is 2. The highest BCUT2D eigenvalue weighted by atomic mass is 32.2. The summed E-state index contributed by atoms with van der Waals surface area (Å²) in [4.78, 5) is 13.7. The molecule has 1 aromatic rings. The van der Waals surface area contributed by atoms with Crippen LogP contribution in [0.1, 0.15) is 13.8 Å². The summed E-state index contributed by atoms with van der Waals surface area (Å²) >= 11 is 1.50. The molecule has 2 N–H and O–H groups in total. The number of aromatic amines is 1. The summed E-state index contributed by atoms with van der Waals surface area (Å²) in [5, 5.41) is 10.1. The summed E-state index contributed by atoms with van der Waals surface area (Å²) in [5.41, 5.74) is -0.266. The highest BCUT2D eigenvalue weighted by Crippen LogP contribution is 2.10. The van der Waals surface area contributed by atoms with E-state index in [-0.39, 0.29) is 11.4 Å². The molecule has 0 aromatic carbocycles. The number of aromatic nitrogens is 2. The van der Waals surface area contributed by atoms with Gasteiger partial charge >= 0.3 is 10.7 Å². The quantitative estimate of drug-likeness (QED) is 0.425. The van der Waals surface area contributed by atoms with Crippen molar-refractivity contribution in [1.29, 1.82) is 0 Å². The SMILES string of the molecule is CCSc1[nH]c(=O)cc(O)[n+]1CC. The fourth-order valence-electron chi connectivity index (χ4n) is 1.06. The van der Waals surface area contributed by atoms with Gasteiger partial charge in [-0.15, -0.1) is 0 Å². The number of rotatable bonds is 3. The summed E-state index contributed by atoms with van der Waals surface area (Å²) in [6.45, 7) is 4.55. The highest BCUT2D eigenvalue weighted by Gasteiger charge is 2.13. The van der Waals surface area contributed by atoms with Gasteiger partial charge in [0.2, 0.25) is 0 Å². The molecule has 1 aromatic heterocycles. The Bertz CT molecular complexity index is 348. The maximum atomic E-state index is 11.0. The minimum absolute atomic E-state index is 0.0159. The van der Waals surface area contributed by atoms with Gasteiger partial charge in [0, 0.05) is 5.75 Å². The van der Waals surface area contributed by atoms with E-state index >= 15 is 0 Å². The third-order valence-corrected chi connectivity index (χ3v) is 2.49. The first-order valence-corrected chi connectivity index (χ1v) is 5.16. The Balaban J connectivity index is 3.21. The molecule has 0 aliphatic carbocycles. The zero-order valence-electron chi connectivity index (χ0n) is 7.70. The van der Waals surface area contributed by atoms with Crippen LogP contribution in [0.2, 0.25) is 0 Å². The highest BCUT2D eigenvalue weighted by molar-refractivity contribution is 7.99. The Morgan fingerprint density at radius 1 is 1.62 bits per heavy atom. The van der Waals surface area contributed by atoms with Crippen LogP contribution in [-0.4, -0.2) is 15.8 Å². The molecule has 0 fully saturated rings. The van der Waals surface area contributed by atoms with E-state index in [2.05, 4.69) is 4.98 Å². The molecule has 0 atom stereocenters. The predicted molar refractivity (Wildman–Crippen MR) is 51.0 cm³/mol. The second-order valence-electron chi connectivity index (χ2n) is 2.47. The third kappa shape index (κ3) is 2.24. The Hall–Kier alpha value is -0.970. The minimum atomic E-state index is -0.266. The fraction of sp³-hybridized carbons (Fsp3) is 0.500. The molecule has 0 unspecified atom stereocenters. The third-order valence-electron chi connectivity index (χ3n) is 1.61.